The molecule has 1 saturated carbocycles. The molecule has 0 heterocycles. The molecule has 2 rings (SSSR count). The predicted octanol–water partition coefficient (Wildman–Crippen LogP) is 2.45. The second-order valence-electron chi connectivity index (χ2n) is 4.31. The van der Waals surface area contributed by atoms with E-state index < -0.39 is 11.4 Å². The van der Waals surface area contributed by atoms with E-state index in [4.69, 9.17) is 4.74 Å². The smallest absolute Gasteiger partial charge is 0.314 e. The summed E-state index contributed by atoms with van der Waals surface area (Å²) in [6.07, 6.45) is 1.67. The Morgan fingerprint density at radius 3 is 2.50 bits per heavy atom. The molecule has 1 N–H and O–H groups in total. The molecule has 1 aromatic carbocycles. The van der Waals surface area contributed by atoms with Gasteiger partial charge in [-0.05, 0) is 30.0 Å². The van der Waals surface area contributed by atoms with Crippen LogP contribution in [0.4, 0.5) is 0 Å². The molecular weight excluding hydrogens is 204 g/mol. The lowest BCUT2D eigenvalue weighted by molar-refractivity contribution is -0.140. The van der Waals surface area contributed by atoms with Gasteiger partial charge in [0.2, 0.25) is 0 Å². The van der Waals surface area contributed by atoms with Crippen molar-refractivity contribution in [2.75, 3.05) is 7.11 Å². The van der Waals surface area contributed by atoms with Crippen molar-refractivity contribution in [3.63, 3.8) is 0 Å². The van der Waals surface area contributed by atoms with Crippen molar-refractivity contribution in [3.05, 3.63) is 29.8 Å². The van der Waals surface area contributed by atoms with Crippen LogP contribution in [0.2, 0.25) is 0 Å². The van der Waals surface area contributed by atoms with Crippen molar-refractivity contribution in [1.29, 1.82) is 0 Å². The van der Waals surface area contributed by atoms with Crippen LogP contribution in [0.3, 0.4) is 0 Å². The van der Waals surface area contributed by atoms with E-state index in [2.05, 4.69) is 0 Å². The summed E-state index contributed by atoms with van der Waals surface area (Å²) in [5, 5.41) is 9.35. The number of methoxy groups -OCH3 is 1. The van der Waals surface area contributed by atoms with Gasteiger partial charge in [0.15, 0.2) is 0 Å². The fraction of sp³-hybridized carbons (Fsp3) is 0.462. The minimum Gasteiger partial charge on any atom is -0.497 e. The summed E-state index contributed by atoms with van der Waals surface area (Å²) in [5.41, 5.74) is 0.258. The Balaban J connectivity index is 2.31. The first-order valence-corrected chi connectivity index (χ1v) is 5.53. The van der Waals surface area contributed by atoms with Gasteiger partial charge in [-0.15, -0.1) is 0 Å². The number of rotatable bonds is 4. The first kappa shape index (κ1) is 11.0. The van der Waals surface area contributed by atoms with Gasteiger partial charge >= 0.3 is 5.97 Å². The van der Waals surface area contributed by atoms with Crippen LogP contribution in [0.5, 0.6) is 5.75 Å². The molecule has 0 spiro atoms. The minimum absolute atomic E-state index is 0.276. The van der Waals surface area contributed by atoms with E-state index in [1.54, 1.807) is 7.11 Å². The molecular formula is C13H16O3. The number of ether oxygens (including phenoxy) is 1. The van der Waals surface area contributed by atoms with Gasteiger partial charge in [0.05, 0.1) is 12.5 Å². The third kappa shape index (κ3) is 1.47. The molecule has 1 fully saturated rings. The molecule has 1 aliphatic carbocycles. The molecule has 0 aromatic heterocycles. The molecule has 3 nitrogen and oxygen atoms in total. The zero-order valence-corrected chi connectivity index (χ0v) is 9.56. The molecule has 0 radical (unpaired) electrons. The Hall–Kier alpha value is -1.51. The van der Waals surface area contributed by atoms with Crippen molar-refractivity contribution in [1.82, 2.24) is 0 Å². The molecule has 0 aliphatic heterocycles. The van der Waals surface area contributed by atoms with Gasteiger partial charge < -0.3 is 9.84 Å². The number of carboxylic acid groups (broad SMARTS) is 1. The molecule has 1 aromatic rings. The third-order valence-corrected chi connectivity index (χ3v) is 3.58. The van der Waals surface area contributed by atoms with E-state index in [9.17, 15) is 9.90 Å². The number of hydrogen-bond donors (Lipinski definition) is 1. The molecule has 86 valence electrons. The number of benzene rings is 1. The van der Waals surface area contributed by atoms with E-state index in [1.165, 1.54) is 0 Å². The van der Waals surface area contributed by atoms with Crippen LogP contribution >= 0.6 is 0 Å². The first-order valence-electron chi connectivity index (χ1n) is 5.53. The summed E-state index contributed by atoms with van der Waals surface area (Å²) in [4.78, 5) is 11.4. The zero-order valence-electron chi connectivity index (χ0n) is 9.56. The Kier molecular flexibility index (Phi) is 2.62. The average Bonchev–Trinajstić information content (AvgIpc) is 3.05. The monoisotopic (exact) mass is 220 g/mol. The van der Waals surface area contributed by atoms with Gasteiger partial charge in [-0.3, -0.25) is 4.79 Å². The number of aliphatic carboxylic acids is 1. The lowest BCUT2D eigenvalue weighted by Gasteiger charge is -2.12. The summed E-state index contributed by atoms with van der Waals surface area (Å²) in [7, 11) is 1.61. The maximum absolute atomic E-state index is 11.4. The van der Waals surface area contributed by atoms with Crippen LogP contribution in [-0.2, 0) is 10.2 Å². The summed E-state index contributed by atoms with van der Waals surface area (Å²) < 4.78 is 5.07. The van der Waals surface area contributed by atoms with E-state index in [1.807, 2.05) is 31.2 Å². The SMILES string of the molecule is CCC1CC1(C(=O)O)c1ccc(OC)cc1. The Bertz CT molecular complexity index is 396. The minimum atomic E-state index is -0.704. The fourth-order valence-electron chi connectivity index (χ4n) is 2.45. The standard InChI is InChI=1S/C13H16O3/c1-3-9-8-13(9,12(14)15)10-4-6-11(16-2)7-5-10/h4-7,9H,3,8H2,1-2H3,(H,14,15). The van der Waals surface area contributed by atoms with Crippen molar-refractivity contribution < 1.29 is 14.6 Å². The number of carbonyl (C=O) groups is 1. The van der Waals surface area contributed by atoms with Gasteiger partial charge in [0.1, 0.15) is 5.75 Å². The molecule has 2 atom stereocenters. The van der Waals surface area contributed by atoms with Crippen LogP contribution < -0.4 is 4.74 Å². The van der Waals surface area contributed by atoms with Gasteiger partial charge in [-0.25, -0.2) is 0 Å². The van der Waals surface area contributed by atoms with Gasteiger partial charge in [-0.2, -0.15) is 0 Å². The quantitative estimate of drug-likeness (QED) is 0.847. The summed E-state index contributed by atoms with van der Waals surface area (Å²) in [5.74, 6) is 0.334. The van der Waals surface area contributed by atoms with E-state index in [-0.39, 0.29) is 5.92 Å². The predicted molar refractivity (Wildman–Crippen MR) is 60.7 cm³/mol. The number of carboxylic acids is 1. The lowest BCUT2D eigenvalue weighted by atomic mass is 9.92. The van der Waals surface area contributed by atoms with Crippen molar-refractivity contribution in [3.8, 4) is 5.75 Å². The molecule has 16 heavy (non-hydrogen) atoms. The Labute approximate surface area is 95.0 Å². The second kappa shape index (κ2) is 3.81. The molecule has 0 bridgehead atoms. The highest BCUT2D eigenvalue weighted by molar-refractivity contribution is 5.85. The summed E-state index contributed by atoms with van der Waals surface area (Å²) in [6, 6.07) is 7.38. The molecule has 0 amide bonds. The fourth-order valence-corrected chi connectivity index (χ4v) is 2.45. The molecule has 1 aliphatic rings. The van der Waals surface area contributed by atoms with Crippen LogP contribution in [-0.4, -0.2) is 18.2 Å². The Morgan fingerprint density at radius 2 is 2.12 bits per heavy atom. The maximum Gasteiger partial charge on any atom is 0.314 e. The van der Waals surface area contributed by atoms with Crippen LogP contribution in [0, 0.1) is 5.92 Å². The van der Waals surface area contributed by atoms with Crippen LogP contribution in [0.1, 0.15) is 25.3 Å². The van der Waals surface area contributed by atoms with Crippen LogP contribution in [0.25, 0.3) is 0 Å². The van der Waals surface area contributed by atoms with Gasteiger partial charge in [0.25, 0.3) is 0 Å². The van der Waals surface area contributed by atoms with E-state index >= 15 is 0 Å². The molecule has 0 saturated heterocycles. The lowest BCUT2D eigenvalue weighted by Crippen LogP contribution is -2.22. The van der Waals surface area contributed by atoms with Crippen LogP contribution in [0.15, 0.2) is 24.3 Å². The van der Waals surface area contributed by atoms with Crippen molar-refractivity contribution in [2.45, 2.75) is 25.2 Å². The highest BCUT2D eigenvalue weighted by atomic mass is 16.5. The van der Waals surface area contributed by atoms with E-state index in [0.29, 0.717) is 0 Å². The average molecular weight is 220 g/mol. The number of hydrogen-bond acceptors (Lipinski definition) is 2. The summed E-state index contributed by atoms with van der Waals surface area (Å²) in [6.45, 7) is 2.04. The molecule has 3 heteroatoms. The highest BCUT2D eigenvalue weighted by Gasteiger charge is 2.60. The zero-order chi connectivity index (χ0) is 11.8. The van der Waals surface area contributed by atoms with Gasteiger partial charge in [0, 0.05) is 0 Å². The van der Waals surface area contributed by atoms with Crippen molar-refractivity contribution in [2.24, 2.45) is 5.92 Å². The highest BCUT2D eigenvalue weighted by Crippen LogP contribution is 2.56. The third-order valence-electron chi connectivity index (χ3n) is 3.58. The normalized spacial score (nSPS) is 27.5. The maximum atomic E-state index is 11.4. The molecule has 2 unspecified atom stereocenters. The van der Waals surface area contributed by atoms with Crippen molar-refractivity contribution >= 4 is 5.97 Å². The van der Waals surface area contributed by atoms with E-state index in [0.717, 1.165) is 24.2 Å². The second-order valence-corrected chi connectivity index (χ2v) is 4.31. The van der Waals surface area contributed by atoms with Gasteiger partial charge in [-0.1, -0.05) is 25.5 Å². The first-order chi connectivity index (χ1) is 7.65. The largest absolute Gasteiger partial charge is 0.497 e. The topological polar surface area (TPSA) is 46.5 Å². The summed E-state index contributed by atoms with van der Waals surface area (Å²) >= 11 is 0. The Morgan fingerprint density at radius 1 is 1.50 bits per heavy atom.